The molecule has 3 amide bonds. The van der Waals surface area contributed by atoms with E-state index >= 15 is 0 Å². The highest BCUT2D eigenvalue weighted by Gasteiger charge is 2.27. The van der Waals surface area contributed by atoms with Crippen LogP contribution < -0.4 is 10.7 Å². The Morgan fingerprint density at radius 1 is 1.35 bits per heavy atom. The van der Waals surface area contributed by atoms with Gasteiger partial charge in [0.1, 0.15) is 0 Å². The lowest BCUT2D eigenvalue weighted by Crippen LogP contribution is -2.46. The van der Waals surface area contributed by atoms with Crippen molar-refractivity contribution in [1.82, 2.24) is 15.8 Å². The number of carbonyl (C=O) groups excluding carboxylic acids is 3. The van der Waals surface area contributed by atoms with Gasteiger partial charge in [0.15, 0.2) is 11.5 Å². The number of carbonyl (C=O) groups is 3. The Balaban J connectivity index is 2.17. The maximum Gasteiger partial charge on any atom is 0.336 e. The fourth-order valence-corrected chi connectivity index (χ4v) is 1.85. The largest absolute Gasteiger partial charge is 0.504 e. The number of halogens is 1. The van der Waals surface area contributed by atoms with Gasteiger partial charge in [-0.1, -0.05) is 11.6 Å². The summed E-state index contributed by atoms with van der Waals surface area (Å²) in [6, 6.07) is 1.61. The summed E-state index contributed by atoms with van der Waals surface area (Å²) in [5, 5.41) is 21.6. The quantitative estimate of drug-likeness (QED) is 0.355. The number of phenols is 2. The summed E-state index contributed by atoms with van der Waals surface area (Å²) in [5.74, 6) is -3.31. The Labute approximate surface area is 117 Å². The van der Waals surface area contributed by atoms with E-state index in [4.69, 9.17) is 11.6 Å². The molecule has 1 heterocycles. The predicted molar refractivity (Wildman–Crippen MR) is 67.4 cm³/mol. The van der Waals surface area contributed by atoms with Crippen LogP contribution in [0.2, 0.25) is 5.02 Å². The van der Waals surface area contributed by atoms with Gasteiger partial charge in [-0.15, -0.1) is 0 Å². The molecule has 1 aliphatic rings. The van der Waals surface area contributed by atoms with Crippen molar-refractivity contribution >= 4 is 29.3 Å². The zero-order valence-corrected chi connectivity index (χ0v) is 10.8. The van der Waals surface area contributed by atoms with E-state index in [9.17, 15) is 24.6 Å². The number of hydrogen-bond donors (Lipinski definition) is 4. The highest BCUT2D eigenvalue weighted by Crippen LogP contribution is 2.35. The number of benzene rings is 1. The van der Waals surface area contributed by atoms with Crippen LogP contribution in [0.1, 0.15) is 10.4 Å². The zero-order chi connectivity index (χ0) is 14.9. The van der Waals surface area contributed by atoms with Crippen LogP contribution in [-0.4, -0.2) is 46.0 Å². The Morgan fingerprint density at radius 2 is 2.05 bits per heavy atom. The van der Waals surface area contributed by atoms with E-state index in [2.05, 4.69) is 10.7 Å². The van der Waals surface area contributed by atoms with E-state index in [1.54, 1.807) is 0 Å². The number of hydrazine groups is 1. The number of ketones is 1. The van der Waals surface area contributed by atoms with Crippen LogP contribution in [0.3, 0.4) is 0 Å². The molecule has 0 aliphatic carbocycles. The number of amides is 3. The number of rotatable bonds is 3. The predicted octanol–water partition coefficient (Wildman–Crippen LogP) is -0.00970. The van der Waals surface area contributed by atoms with E-state index < -0.39 is 34.2 Å². The molecule has 0 bridgehead atoms. The first-order valence-electron chi connectivity index (χ1n) is 5.53. The number of Topliss-reactive ketones (excluding diaryl/α,β-unsaturated/α-hetero) is 1. The molecular formula is C11H10ClN3O5. The number of hydrogen-bond acceptors (Lipinski definition) is 5. The zero-order valence-electron chi connectivity index (χ0n) is 10.0. The summed E-state index contributed by atoms with van der Waals surface area (Å²) in [4.78, 5) is 34.8. The van der Waals surface area contributed by atoms with E-state index in [0.717, 1.165) is 17.1 Å². The molecule has 1 saturated heterocycles. The normalized spacial score (nSPS) is 14.1. The Kier molecular flexibility index (Phi) is 3.66. The van der Waals surface area contributed by atoms with E-state index in [-0.39, 0.29) is 12.1 Å². The molecule has 0 unspecified atom stereocenters. The van der Waals surface area contributed by atoms with Crippen LogP contribution in [0.4, 0.5) is 4.79 Å². The number of urea groups is 1. The first kappa shape index (κ1) is 13.9. The lowest BCUT2D eigenvalue weighted by Gasteiger charge is -2.15. The molecule has 0 spiro atoms. The van der Waals surface area contributed by atoms with Crippen molar-refractivity contribution in [2.45, 2.75) is 0 Å². The van der Waals surface area contributed by atoms with Gasteiger partial charge in [0.05, 0.1) is 17.1 Å². The van der Waals surface area contributed by atoms with Crippen LogP contribution in [0.25, 0.3) is 0 Å². The fourth-order valence-electron chi connectivity index (χ4n) is 1.60. The minimum absolute atomic E-state index is 0.229. The molecule has 1 fully saturated rings. The molecule has 1 aromatic carbocycles. The molecular weight excluding hydrogens is 290 g/mol. The molecule has 0 atom stereocenters. The average molecular weight is 300 g/mol. The molecule has 0 radical (unpaired) electrons. The van der Waals surface area contributed by atoms with Gasteiger partial charge in [0, 0.05) is 6.54 Å². The van der Waals surface area contributed by atoms with Gasteiger partial charge in [0.25, 0.3) is 5.78 Å². The molecule has 2 rings (SSSR count). The van der Waals surface area contributed by atoms with E-state index in [1.807, 2.05) is 0 Å². The minimum atomic E-state index is -1.07. The second kappa shape index (κ2) is 5.25. The highest BCUT2D eigenvalue weighted by atomic mass is 35.5. The molecule has 8 nitrogen and oxygen atoms in total. The van der Waals surface area contributed by atoms with Crippen LogP contribution >= 0.6 is 11.6 Å². The topological polar surface area (TPSA) is 119 Å². The fraction of sp³-hybridized carbons (Fsp3) is 0.182. The first-order valence-corrected chi connectivity index (χ1v) is 5.90. The van der Waals surface area contributed by atoms with Gasteiger partial charge >= 0.3 is 11.9 Å². The minimum Gasteiger partial charge on any atom is -0.504 e. The molecule has 1 aliphatic heterocycles. The molecule has 0 saturated carbocycles. The number of aromatic hydroxyl groups is 2. The molecule has 4 N–H and O–H groups in total. The van der Waals surface area contributed by atoms with Gasteiger partial charge in [0.2, 0.25) is 0 Å². The number of nitrogens with one attached hydrogen (secondary N) is 2. The number of nitrogens with zero attached hydrogens (tertiary/aromatic N) is 1. The van der Waals surface area contributed by atoms with Crippen LogP contribution in [-0.2, 0) is 4.79 Å². The summed E-state index contributed by atoms with van der Waals surface area (Å²) in [6.07, 6.45) is 0. The van der Waals surface area contributed by atoms with E-state index in [1.165, 1.54) is 0 Å². The second-order valence-electron chi connectivity index (χ2n) is 3.95. The van der Waals surface area contributed by atoms with Gasteiger partial charge in [-0.25, -0.2) is 9.80 Å². The van der Waals surface area contributed by atoms with Crippen molar-refractivity contribution in [2.24, 2.45) is 0 Å². The Hall–Kier alpha value is -2.48. The first-order chi connectivity index (χ1) is 9.41. The third-order valence-electron chi connectivity index (χ3n) is 2.64. The number of phenolic OH excluding ortho intramolecular Hbond substituents is 2. The molecule has 106 valence electrons. The third kappa shape index (κ3) is 2.45. The van der Waals surface area contributed by atoms with Crippen molar-refractivity contribution in [1.29, 1.82) is 0 Å². The monoisotopic (exact) mass is 299 g/mol. The second-order valence-corrected chi connectivity index (χ2v) is 4.33. The summed E-state index contributed by atoms with van der Waals surface area (Å²) in [6.45, 7) is 0.584. The molecule has 1 aromatic rings. The van der Waals surface area contributed by atoms with Crippen molar-refractivity contribution in [2.75, 3.05) is 13.1 Å². The van der Waals surface area contributed by atoms with Crippen molar-refractivity contribution in [3.8, 4) is 11.5 Å². The van der Waals surface area contributed by atoms with Crippen molar-refractivity contribution < 1.29 is 24.6 Å². The molecule has 0 aromatic heterocycles. The smallest absolute Gasteiger partial charge is 0.336 e. The summed E-state index contributed by atoms with van der Waals surface area (Å²) >= 11 is 5.68. The lowest BCUT2D eigenvalue weighted by molar-refractivity contribution is -0.120. The van der Waals surface area contributed by atoms with E-state index in [0.29, 0.717) is 6.54 Å². The standard InChI is InChI=1S/C11H10ClN3O5/c12-7-5(1-2-6(16)9(7)18)8(17)10(19)14-15-4-3-13-11(15)20/h1-2,16,18H,3-4H2,(H,13,20)(H,14,19). The SMILES string of the molecule is O=C(NN1CCNC1=O)C(=O)c1ccc(O)c(O)c1Cl. The van der Waals surface area contributed by atoms with Crippen LogP contribution in [0.15, 0.2) is 12.1 Å². The van der Waals surface area contributed by atoms with Crippen molar-refractivity contribution in [3.63, 3.8) is 0 Å². The van der Waals surface area contributed by atoms with Gasteiger partial charge in [-0.05, 0) is 12.1 Å². The molecule has 20 heavy (non-hydrogen) atoms. The average Bonchev–Trinajstić information content (AvgIpc) is 2.81. The van der Waals surface area contributed by atoms with Gasteiger partial charge in [-0.3, -0.25) is 15.0 Å². The van der Waals surface area contributed by atoms with Crippen LogP contribution in [0.5, 0.6) is 11.5 Å². The van der Waals surface area contributed by atoms with Gasteiger partial charge < -0.3 is 15.5 Å². The van der Waals surface area contributed by atoms with Crippen LogP contribution in [0, 0.1) is 0 Å². The van der Waals surface area contributed by atoms with Gasteiger partial charge in [-0.2, -0.15) is 0 Å². The van der Waals surface area contributed by atoms with Crippen molar-refractivity contribution in [3.05, 3.63) is 22.7 Å². The summed E-state index contributed by atoms with van der Waals surface area (Å²) in [7, 11) is 0. The Morgan fingerprint density at radius 3 is 2.65 bits per heavy atom. The lowest BCUT2D eigenvalue weighted by atomic mass is 10.1. The molecule has 9 heteroatoms. The Bertz CT molecular complexity index is 604. The maximum atomic E-state index is 11.9. The summed E-state index contributed by atoms with van der Waals surface area (Å²) in [5.41, 5.74) is 1.84. The maximum absolute atomic E-state index is 11.9. The summed E-state index contributed by atoms with van der Waals surface area (Å²) < 4.78 is 0. The highest BCUT2D eigenvalue weighted by molar-refractivity contribution is 6.47. The third-order valence-corrected chi connectivity index (χ3v) is 3.02.